The molecule has 0 radical (unpaired) electrons. The predicted molar refractivity (Wildman–Crippen MR) is 90.1 cm³/mol. The van der Waals surface area contributed by atoms with Crippen LogP contribution in [0.1, 0.15) is 10.5 Å². The molecule has 118 valence electrons. The molecule has 7 nitrogen and oxygen atoms in total. The van der Waals surface area contributed by atoms with Crippen molar-refractivity contribution in [3.05, 3.63) is 54.4 Å². The van der Waals surface area contributed by atoms with E-state index in [2.05, 4.69) is 25.3 Å². The molecule has 0 aliphatic carbocycles. The fourth-order valence-electron chi connectivity index (χ4n) is 2.42. The second-order valence-electron chi connectivity index (χ2n) is 5.18. The molecule has 0 saturated heterocycles. The lowest BCUT2D eigenvalue weighted by molar-refractivity contribution is 0.102. The second-order valence-corrected chi connectivity index (χ2v) is 5.18. The Morgan fingerprint density at radius 2 is 1.92 bits per heavy atom. The predicted octanol–water partition coefficient (Wildman–Crippen LogP) is 2.77. The lowest BCUT2D eigenvalue weighted by atomic mass is 10.2. The van der Waals surface area contributed by atoms with Crippen LogP contribution in [0.5, 0.6) is 6.01 Å². The summed E-state index contributed by atoms with van der Waals surface area (Å²) in [5.41, 5.74) is 3.85. The topological polar surface area (TPSA) is 92.8 Å². The Labute approximate surface area is 136 Å². The summed E-state index contributed by atoms with van der Waals surface area (Å²) in [4.78, 5) is 28.2. The van der Waals surface area contributed by atoms with Crippen LogP contribution in [0.25, 0.3) is 22.1 Å². The Hall–Kier alpha value is -3.48. The molecule has 0 atom stereocenters. The fourth-order valence-corrected chi connectivity index (χ4v) is 2.42. The largest absolute Gasteiger partial charge is 0.468 e. The van der Waals surface area contributed by atoms with Gasteiger partial charge in [-0.3, -0.25) is 9.78 Å². The lowest BCUT2D eigenvalue weighted by Gasteiger charge is -2.05. The van der Waals surface area contributed by atoms with E-state index in [1.165, 1.54) is 6.20 Å². The molecule has 2 heterocycles. The van der Waals surface area contributed by atoms with Crippen molar-refractivity contribution < 1.29 is 9.53 Å². The van der Waals surface area contributed by atoms with Gasteiger partial charge in [-0.05, 0) is 30.3 Å². The van der Waals surface area contributed by atoms with Crippen LogP contribution >= 0.6 is 0 Å². The van der Waals surface area contributed by atoms with Gasteiger partial charge in [0.25, 0.3) is 11.9 Å². The third kappa shape index (κ3) is 2.52. The Morgan fingerprint density at radius 1 is 1.08 bits per heavy atom. The van der Waals surface area contributed by atoms with Gasteiger partial charge in [0.1, 0.15) is 5.69 Å². The number of carbonyl (C=O) groups excluding carboxylic acids is 1. The van der Waals surface area contributed by atoms with Crippen LogP contribution in [-0.2, 0) is 0 Å². The van der Waals surface area contributed by atoms with Gasteiger partial charge >= 0.3 is 0 Å². The number of ether oxygens (including phenoxy) is 1. The average molecular weight is 319 g/mol. The van der Waals surface area contributed by atoms with Crippen LogP contribution in [0, 0.1) is 0 Å². The zero-order chi connectivity index (χ0) is 16.5. The normalized spacial score (nSPS) is 10.9. The first-order valence-electron chi connectivity index (χ1n) is 7.30. The molecule has 4 aromatic rings. The van der Waals surface area contributed by atoms with Crippen molar-refractivity contribution in [2.45, 2.75) is 0 Å². The molecule has 2 aromatic carbocycles. The Bertz CT molecular complexity index is 1060. The van der Waals surface area contributed by atoms with Crippen molar-refractivity contribution in [1.29, 1.82) is 0 Å². The van der Waals surface area contributed by atoms with Gasteiger partial charge < -0.3 is 15.0 Å². The number of methoxy groups -OCH3 is 1. The molecule has 7 heteroatoms. The summed E-state index contributed by atoms with van der Waals surface area (Å²) >= 11 is 0. The number of hydrogen-bond acceptors (Lipinski definition) is 5. The highest BCUT2D eigenvalue weighted by molar-refractivity contribution is 6.04. The Kier molecular flexibility index (Phi) is 3.31. The van der Waals surface area contributed by atoms with Crippen LogP contribution in [0.4, 0.5) is 5.69 Å². The SMILES string of the molecule is COc1nc2ccc(NC(=O)c3cnc4ccccc4n3)cc2[nH]1. The fraction of sp³-hybridized carbons (Fsp3) is 0.0588. The van der Waals surface area contributed by atoms with Gasteiger partial charge in [0.05, 0.1) is 35.4 Å². The standard InChI is InChI=1S/C17H13N5O2/c1-24-17-21-13-7-6-10(8-14(13)22-17)19-16(23)15-9-18-11-4-2-3-5-12(11)20-15/h2-9H,1H3,(H,19,23)(H,21,22). The van der Waals surface area contributed by atoms with Gasteiger partial charge in [-0.25, -0.2) is 4.98 Å². The summed E-state index contributed by atoms with van der Waals surface area (Å²) in [6, 6.07) is 13.2. The molecule has 1 amide bonds. The Morgan fingerprint density at radius 3 is 2.75 bits per heavy atom. The number of nitrogens with one attached hydrogen (secondary N) is 2. The monoisotopic (exact) mass is 319 g/mol. The summed E-state index contributed by atoms with van der Waals surface area (Å²) in [7, 11) is 1.54. The maximum Gasteiger partial charge on any atom is 0.294 e. The quantitative estimate of drug-likeness (QED) is 0.605. The lowest BCUT2D eigenvalue weighted by Crippen LogP contribution is -2.14. The minimum absolute atomic E-state index is 0.260. The van der Waals surface area contributed by atoms with E-state index in [1.54, 1.807) is 25.3 Å². The van der Waals surface area contributed by atoms with Crippen LogP contribution < -0.4 is 10.1 Å². The number of carbonyl (C=O) groups is 1. The van der Waals surface area contributed by atoms with Crippen LogP contribution in [-0.4, -0.2) is 33.0 Å². The van der Waals surface area contributed by atoms with E-state index in [0.29, 0.717) is 17.2 Å². The van der Waals surface area contributed by atoms with Crippen LogP contribution in [0.15, 0.2) is 48.7 Å². The number of benzene rings is 2. The summed E-state index contributed by atoms with van der Waals surface area (Å²) in [6.45, 7) is 0. The molecule has 4 rings (SSSR count). The van der Waals surface area contributed by atoms with Gasteiger partial charge in [0.15, 0.2) is 0 Å². The van der Waals surface area contributed by atoms with Gasteiger partial charge in [-0.1, -0.05) is 12.1 Å². The number of rotatable bonds is 3. The van der Waals surface area contributed by atoms with E-state index < -0.39 is 0 Å². The van der Waals surface area contributed by atoms with E-state index in [9.17, 15) is 4.79 Å². The van der Waals surface area contributed by atoms with Crippen molar-refractivity contribution in [2.24, 2.45) is 0 Å². The second kappa shape index (κ2) is 5.62. The molecule has 0 saturated carbocycles. The Balaban J connectivity index is 1.62. The number of amides is 1. The highest BCUT2D eigenvalue weighted by Crippen LogP contribution is 2.20. The van der Waals surface area contributed by atoms with Crippen molar-refractivity contribution in [3.8, 4) is 6.01 Å². The van der Waals surface area contributed by atoms with Crippen molar-refractivity contribution in [3.63, 3.8) is 0 Å². The number of imidazole rings is 1. The first-order chi connectivity index (χ1) is 11.7. The number of H-pyrrole nitrogens is 1. The minimum Gasteiger partial charge on any atom is -0.468 e. The van der Waals surface area contributed by atoms with Gasteiger partial charge in [-0.2, -0.15) is 4.98 Å². The van der Waals surface area contributed by atoms with Crippen LogP contribution in [0.2, 0.25) is 0 Å². The smallest absolute Gasteiger partial charge is 0.294 e. The zero-order valence-electron chi connectivity index (χ0n) is 12.8. The van der Waals surface area contributed by atoms with Gasteiger partial charge in [0.2, 0.25) is 0 Å². The number of nitrogens with zero attached hydrogens (tertiary/aromatic N) is 3. The van der Waals surface area contributed by atoms with E-state index in [1.807, 2.05) is 24.3 Å². The first kappa shape index (κ1) is 14.1. The van der Waals surface area contributed by atoms with Crippen molar-refractivity contribution >= 4 is 33.7 Å². The van der Waals surface area contributed by atoms with E-state index >= 15 is 0 Å². The molecule has 0 fully saturated rings. The zero-order valence-corrected chi connectivity index (χ0v) is 12.8. The average Bonchev–Trinajstić information content (AvgIpc) is 3.03. The molecule has 0 spiro atoms. The van der Waals surface area contributed by atoms with Crippen molar-refractivity contribution in [2.75, 3.05) is 12.4 Å². The van der Waals surface area contributed by atoms with Crippen LogP contribution in [0.3, 0.4) is 0 Å². The summed E-state index contributed by atoms with van der Waals surface area (Å²) in [6.07, 6.45) is 1.47. The first-order valence-corrected chi connectivity index (χ1v) is 7.30. The van der Waals surface area contributed by atoms with Gasteiger partial charge in [0, 0.05) is 5.69 Å². The maximum atomic E-state index is 12.4. The van der Waals surface area contributed by atoms with E-state index in [4.69, 9.17) is 4.74 Å². The highest BCUT2D eigenvalue weighted by atomic mass is 16.5. The molecular formula is C17H13N5O2. The summed E-state index contributed by atoms with van der Waals surface area (Å²) in [5, 5.41) is 2.81. The minimum atomic E-state index is -0.320. The number of anilines is 1. The number of para-hydroxylation sites is 2. The number of hydrogen-bond donors (Lipinski definition) is 2. The number of fused-ring (bicyclic) bond motifs is 2. The molecule has 24 heavy (non-hydrogen) atoms. The molecule has 0 aliphatic heterocycles. The van der Waals surface area contributed by atoms with E-state index in [0.717, 1.165) is 16.6 Å². The van der Waals surface area contributed by atoms with Crippen molar-refractivity contribution in [1.82, 2.24) is 19.9 Å². The third-order valence-corrected chi connectivity index (χ3v) is 3.59. The molecule has 2 N–H and O–H groups in total. The number of aromatic nitrogens is 4. The summed E-state index contributed by atoms with van der Waals surface area (Å²) in [5.74, 6) is -0.320. The van der Waals surface area contributed by atoms with E-state index in [-0.39, 0.29) is 11.6 Å². The highest BCUT2D eigenvalue weighted by Gasteiger charge is 2.11. The third-order valence-electron chi connectivity index (χ3n) is 3.59. The molecule has 0 unspecified atom stereocenters. The number of aromatic amines is 1. The maximum absolute atomic E-state index is 12.4. The van der Waals surface area contributed by atoms with Gasteiger partial charge in [-0.15, -0.1) is 0 Å². The molecular weight excluding hydrogens is 306 g/mol. The molecule has 0 bridgehead atoms. The summed E-state index contributed by atoms with van der Waals surface area (Å²) < 4.78 is 5.06. The molecule has 0 aliphatic rings. The molecule has 2 aromatic heterocycles.